The summed E-state index contributed by atoms with van der Waals surface area (Å²) in [4.78, 5) is 20.4. The molecule has 0 saturated heterocycles. The standard InChI is InChI=1S/C16H19N3O/c1-11(14-7-5-4-6-8-14)9-15(20)19-16-17-12(2)10-13(3)18-16/h4-8,10-11H,9H2,1-3H3,(H,17,18,19,20)/t11-/m1/s1. The molecule has 0 bridgehead atoms. The van der Waals surface area contributed by atoms with Crippen LogP contribution < -0.4 is 5.32 Å². The maximum atomic E-state index is 12.0. The molecule has 0 saturated carbocycles. The van der Waals surface area contributed by atoms with Crippen LogP contribution in [0.4, 0.5) is 5.95 Å². The van der Waals surface area contributed by atoms with Crippen LogP contribution in [0.5, 0.6) is 0 Å². The van der Waals surface area contributed by atoms with E-state index in [4.69, 9.17) is 0 Å². The first-order chi connectivity index (χ1) is 9.54. The van der Waals surface area contributed by atoms with Crippen LogP contribution in [0.1, 0.15) is 36.2 Å². The fourth-order valence-corrected chi connectivity index (χ4v) is 2.14. The third-order valence-electron chi connectivity index (χ3n) is 3.09. The maximum absolute atomic E-state index is 12.0. The molecule has 1 amide bonds. The summed E-state index contributed by atoms with van der Waals surface area (Å²) in [5.41, 5.74) is 2.86. The van der Waals surface area contributed by atoms with Gasteiger partial charge in [-0.3, -0.25) is 10.1 Å². The Morgan fingerprint density at radius 2 is 1.75 bits per heavy atom. The molecule has 0 radical (unpaired) electrons. The molecule has 4 heteroatoms. The van der Waals surface area contributed by atoms with E-state index in [1.807, 2.05) is 57.2 Å². The van der Waals surface area contributed by atoms with Crippen molar-refractivity contribution in [2.24, 2.45) is 0 Å². The molecule has 2 rings (SSSR count). The fourth-order valence-electron chi connectivity index (χ4n) is 2.14. The molecule has 1 N–H and O–H groups in total. The Bertz CT molecular complexity index is 576. The lowest BCUT2D eigenvalue weighted by Crippen LogP contribution is -2.16. The molecule has 1 heterocycles. The number of benzene rings is 1. The molecule has 20 heavy (non-hydrogen) atoms. The van der Waals surface area contributed by atoms with Gasteiger partial charge in [-0.2, -0.15) is 0 Å². The van der Waals surface area contributed by atoms with Crippen molar-refractivity contribution in [2.45, 2.75) is 33.1 Å². The number of amides is 1. The van der Waals surface area contributed by atoms with Crippen LogP contribution in [0.15, 0.2) is 36.4 Å². The Hall–Kier alpha value is -2.23. The summed E-state index contributed by atoms with van der Waals surface area (Å²) in [6.45, 7) is 5.81. The van der Waals surface area contributed by atoms with Gasteiger partial charge in [-0.1, -0.05) is 37.3 Å². The van der Waals surface area contributed by atoms with Gasteiger partial charge in [-0.05, 0) is 31.4 Å². The zero-order valence-electron chi connectivity index (χ0n) is 12.1. The molecule has 0 fully saturated rings. The number of carbonyl (C=O) groups is 1. The molecule has 1 aromatic carbocycles. The highest BCUT2D eigenvalue weighted by Gasteiger charge is 2.12. The number of aromatic nitrogens is 2. The van der Waals surface area contributed by atoms with Crippen LogP contribution in [0.3, 0.4) is 0 Å². The van der Waals surface area contributed by atoms with E-state index in [2.05, 4.69) is 15.3 Å². The van der Waals surface area contributed by atoms with E-state index >= 15 is 0 Å². The lowest BCUT2D eigenvalue weighted by Gasteiger charge is -2.11. The van der Waals surface area contributed by atoms with E-state index < -0.39 is 0 Å². The van der Waals surface area contributed by atoms with Gasteiger partial charge < -0.3 is 0 Å². The van der Waals surface area contributed by atoms with E-state index in [1.165, 1.54) is 0 Å². The van der Waals surface area contributed by atoms with E-state index in [9.17, 15) is 4.79 Å². The summed E-state index contributed by atoms with van der Waals surface area (Å²) < 4.78 is 0. The highest BCUT2D eigenvalue weighted by atomic mass is 16.1. The van der Waals surface area contributed by atoms with Gasteiger partial charge in [-0.25, -0.2) is 9.97 Å². The highest BCUT2D eigenvalue weighted by molar-refractivity contribution is 5.89. The van der Waals surface area contributed by atoms with Crippen LogP contribution in [0.2, 0.25) is 0 Å². The normalized spacial score (nSPS) is 11.9. The number of nitrogens with one attached hydrogen (secondary N) is 1. The monoisotopic (exact) mass is 269 g/mol. The Labute approximate surface area is 119 Å². The van der Waals surface area contributed by atoms with Gasteiger partial charge in [0.25, 0.3) is 0 Å². The first-order valence-electron chi connectivity index (χ1n) is 6.71. The minimum atomic E-state index is -0.0636. The van der Waals surface area contributed by atoms with Gasteiger partial charge in [0.1, 0.15) is 0 Å². The SMILES string of the molecule is Cc1cc(C)nc(NC(=O)C[C@@H](C)c2ccccc2)n1. The molecule has 104 valence electrons. The van der Waals surface area contributed by atoms with Crippen LogP contribution in [-0.2, 0) is 4.79 Å². The lowest BCUT2D eigenvalue weighted by atomic mass is 9.98. The van der Waals surface area contributed by atoms with Crippen molar-refractivity contribution in [3.63, 3.8) is 0 Å². The molecule has 2 aromatic rings. The molecule has 0 aliphatic rings. The molecule has 0 unspecified atom stereocenters. The largest absolute Gasteiger partial charge is 0.294 e. The Balaban J connectivity index is 1.99. The second-order valence-electron chi connectivity index (χ2n) is 5.04. The average molecular weight is 269 g/mol. The number of carbonyl (C=O) groups excluding carboxylic acids is 1. The van der Waals surface area contributed by atoms with Gasteiger partial charge in [0.2, 0.25) is 11.9 Å². The smallest absolute Gasteiger partial charge is 0.229 e. The Morgan fingerprint density at radius 1 is 1.15 bits per heavy atom. The van der Waals surface area contributed by atoms with Gasteiger partial charge in [-0.15, -0.1) is 0 Å². The van der Waals surface area contributed by atoms with Crippen molar-refractivity contribution in [3.05, 3.63) is 53.3 Å². The van der Waals surface area contributed by atoms with Crippen molar-refractivity contribution in [1.82, 2.24) is 9.97 Å². The minimum Gasteiger partial charge on any atom is -0.294 e. The zero-order valence-corrected chi connectivity index (χ0v) is 12.1. The summed E-state index contributed by atoms with van der Waals surface area (Å²) in [6.07, 6.45) is 0.417. The Kier molecular flexibility index (Phi) is 4.45. The number of rotatable bonds is 4. The highest BCUT2D eigenvalue weighted by Crippen LogP contribution is 2.18. The zero-order chi connectivity index (χ0) is 14.5. The first-order valence-corrected chi connectivity index (χ1v) is 6.71. The van der Waals surface area contributed by atoms with Crippen molar-refractivity contribution in [1.29, 1.82) is 0 Å². The van der Waals surface area contributed by atoms with Gasteiger partial charge >= 0.3 is 0 Å². The second-order valence-corrected chi connectivity index (χ2v) is 5.04. The summed E-state index contributed by atoms with van der Waals surface area (Å²) in [5.74, 6) is 0.487. The predicted molar refractivity (Wildman–Crippen MR) is 79.6 cm³/mol. The topological polar surface area (TPSA) is 54.9 Å². The molecule has 1 atom stereocenters. The molecule has 4 nitrogen and oxygen atoms in total. The average Bonchev–Trinajstić information content (AvgIpc) is 2.38. The van der Waals surface area contributed by atoms with Gasteiger partial charge in [0.05, 0.1) is 0 Å². The van der Waals surface area contributed by atoms with E-state index in [-0.39, 0.29) is 11.8 Å². The molecule has 0 aliphatic heterocycles. The number of hydrogen-bond donors (Lipinski definition) is 1. The molecular weight excluding hydrogens is 250 g/mol. The quantitative estimate of drug-likeness (QED) is 0.927. The van der Waals surface area contributed by atoms with E-state index in [0.717, 1.165) is 17.0 Å². The third-order valence-corrected chi connectivity index (χ3v) is 3.09. The van der Waals surface area contributed by atoms with E-state index in [1.54, 1.807) is 0 Å². The van der Waals surface area contributed by atoms with Crippen molar-refractivity contribution in [2.75, 3.05) is 5.32 Å². The Morgan fingerprint density at radius 3 is 2.35 bits per heavy atom. The third kappa shape index (κ3) is 3.88. The summed E-state index contributed by atoms with van der Waals surface area (Å²) in [5, 5.41) is 2.76. The number of aryl methyl sites for hydroxylation is 2. The number of anilines is 1. The van der Waals surface area contributed by atoms with Crippen LogP contribution in [-0.4, -0.2) is 15.9 Å². The lowest BCUT2D eigenvalue weighted by molar-refractivity contribution is -0.116. The van der Waals surface area contributed by atoms with Gasteiger partial charge in [0, 0.05) is 17.8 Å². The number of nitrogens with zero attached hydrogens (tertiary/aromatic N) is 2. The van der Waals surface area contributed by atoms with Gasteiger partial charge in [0.15, 0.2) is 0 Å². The molecule has 1 aromatic heterocycles. The van der Waals surface area contributed by atoms with Crippen LogP contribution in [0, 0.1) is 13.8 Å². The van der Waals surface area contributed by atoms with Crippen molar-refractivity contribution in [3.8, 4) is 0 Å². The van der Waals surface area contributed by atoms with Crippen molar-refractivity contribution >= 4 is 11.9 Å². The maximum Gasteiger partial charge on any atom is 0.229 e. The predicted octanol–water partition coefficient (Wildman–Crippen LogP) is 3.23. The summed E-state index contributed by atoms with van der Waals surface area (Å²) >= 11 is 0. The summed E-state index contributed by atoms with van der Waals surface area (Å²) in [6, 6.07) is 11.9. The molecule has 0 aliphatic carbocycles. The summed E-state index contributed by atoms with van der Waals surface area (Å²) in [7, 11) is 0. The second kappa shape index (κ2) is 6.28. The number of hydrogen-bond acceptors (Lipinski definition) is 3. The minimum absolute atomic E-state index is 0.0636. The molecular formula is C16H19N3O. The van der Waals surface area contributed by atoms with Crippen molar-refractivity contribution < 1.29 is 4.79 Å². The van der Waals surface area contributed by atoms with E-state index in [0.29, 0.717) is 12.4 Å². The van der Waals surface area contributed by atoms with Crippen LogP contribution >= 0.6 is 0 Å². The fraction of sp³-hybridized carbons (Fsp3) is 0.312. The molecule has 0 spiro atoms. The first kappa shape index (κ1) is 14.2. The van der Waals surface area contributed by atoms with Crippen LogP contribution in [0.25, 0.3) is 0 Å².